The van der Waals surface area contributed by atoms with Gasteiger partial charge in [-0.1, -0.05) is 47.5 Å². The Morgan fingerprint density at radius 3 is 2.00 bits per heavy atom. The Kier molecular flexibility index (Phi) is 9.11. The molecular weight excluding hydrogens is 575 g/mol. The van der Waals surface area contributed by atoms with Gasteiger partial charge in [0.05, 0.1) is 25.3 Å². The number of ether oxygens (including phenoxy) is 2. The average molecular weight is 612 g/mol. The number of rotatable bonds is 8. The molecule has 1 amide bonds. The van der Waals surface area contributed by atoms with Gasteiger partial charge in [-0.3, -0.25) is 20.2 Å². The zero-order valence-electron chi connectivity index (χ0n) is 24.1. The number of halogens is 2. The third kappa shape index (κ3) is 6.00. The summed E-state index contributed by atoms with van der Waals surface area (Å²) in [5.41, 5.74) is 1.03. The van der Waals surface area contributed by atoms with Gasteiger partial charge in [0.25, 0.3) is 0 Å². The Balaban J connectivity index is 1.72. The van der Waals surface area contributed by atoms with Crippen LogP contribution in [0.4, 0.5) is 0 Å². The number of benzene rings is 3. The second-order valence-corrected chi connectivity index (χ2v) is 11.8. The van der Waals surface area contributed by atoms with Crippen molar-refractivity contribution in [3.05, 3.63) is 93.5 Å². The summed E-state index contributed by atoms with van der Waals surface area (Å²) in [4.78, 5) is 29.4. The fourth-order valence-corrected chi connectivity index (χ4v) is 6.11. The maximum atomic E-state index is 15.0. The monoisotopic (exact) mass is 610 g/mol. The molecule has 2 saturated heterocycles. The molecule has 0 aromatic heterocycles. The van der Waals surface area contributed by atoms with Crippen LogP contribution in [0.15, 0.2) is 66.7 Å². The average Bonchev–Trinajstić information content (AvgIpc) is 3.38. The van der Waals surface area contributed by atoms with E-state index in [-0.39, 0.29) is 29.9 Å². The Morgan fingerprint density at radius 1 is 0.929 bits per heavy atom. The SMILES string of the molecule is COc1ccc(C2(C(=O)C3CNCCN3C(C)=O)N[C@H](c3ccc(Cl)cc3)[C@H](c3ccc(Cl)cc3)N2)c(OC(C)C)c1. The minimum atomic E-state index is -1.44. The first-order valence-electron chi connectivity index (χ1n) is 14.1. The van der Waals surface area contributed by atoms with Gasteiger partial charge in [0.2, 0.25) is 5.91 Å². The van der Waals surface area contributed by atoms with Crippen molar-refractivity contribution in [3.63, 3.8) is 0 Å². The molecule has 2 unspecified atom stereocenters. The predicted octanol–water partition coefficient (Wildman–Crippen LogP) is 5.01. The predicted molar refractivity (Wildman–Crippen MR) is 164 cm³/mol. The minimum Gasteiger partial charge on any atom is -0.497 e. The molecule has 2 aliphatic heterocycles. The molecule has 2 aliphatic rings. The number of carbonyl (C=O) groups excluding carboxylic acids is 2. The Morgan fingerprint density at radius 2 is 1.50 bits per heavy atom. The van der Waals surface area contributed by atoms with E-state index in [9.17, 15) is 4.79 Å². The Bertz CT molecular complexity index is 1380. The first-order valence-corrected chi connectivity index (χ1v) is 14.8. The molecule has 2 heterocycles. The van der Waals surface area contributed by atoms with E-state index in [0.717, 1.165) is 11.1 Å². The highest BCUT2D eigenvalue weighted by molar-refractivity contribution is 6.30. The highest BCUT2D eigenvalue weighted by Gasteiger charge is 2.55. The molecule has 10 heteroatoms. The number of piperazine rings is 1. The smallest absolute Gasteiger partial charge is 0.220 e. The number of amides is 1. The Hall–Kier alpha value is -3.14. The van der Waals surface area contributed by atoms with Crippen molar-refractivity contribution < 1.29 is 19.1 Å². The highest BCUT2D eigenvalue weighted by atomic mass is 35.5. The lowest BCUT2D eigenvalue weighted by molar-refractivity contribution is -0.142. The minimum absolute atomic E-state index is 0.153. The molecule has 5 rings (SSSR count). The molecule has 42 heavy (non-hydrogen) atoms. The number of carbonyl (C=O) groups is 2. The highest BCUT2D eigenvalue weighted by Crippen LogP contribution is 2.45. The van der Waals surface area contributed by atoms with Crippen molar-refractivity contribution in [1.82, 2.24) is 20.9 Å². The van der Waals surface area contributed by atoms with Crippen molar-refractivity contribution in [3.8, 4) is 11.5 Å². The zero-order chi connectivity index (χ0) is 30.0. The normalized spacial score (nSPS) is 24.1. The van der Waals surface area contributed by atoms with Crippen LogP contribution in [0.5, 0.6) is 11.5 Å². The van der Waals surface area contributed by atoms with E-state index in [4.69, 9.17) is 32.7 Å². The number of methoxy groups -OCH3 is 1. The van der Waals surface area contributed by atoms with E-state index < -0.39 is 11.7 Å². The van der Waals surface area contributed by atoms with E-state index in [0.29, 0.717) is 46.7 Å². The molecule has 0 radical (unpaired) electrons. The fraction of sp³-hybridized carbons (Fsp3) is 0.375. The summed E-state index contributed by atoms with van der Waals surface area (Å²) >= 11 is 12.5. The number of nitrogens with one attached hydrogen (secondary N) is 3. The van der Waals surface area contributed by atoms with Crippen LogP contribution in [0.2, 0.25) is 10.0 Å². The summed E-state index contributed by atoms with van der Waals surface area (Å²) in [5.74, 6) is 0.754. The van der Waals surface area contributed by atoms with E-state index >= 15 is 4.79 Å². The number of ketones is 1. The van der Waals surface area contributed by atoms with Gasteiger partial charge in [0.1, 0.15) is 17.5 Å². The van der Waals surface area contributed by atoms with Crippen molar-refractivity contribution in [2.75, 3.05) is 26.7 Å². The summed E-state index contributed by atoms with van der Waals surface area (Å²) in [6.45, 7) is 6.74. The molecule has 222 valence electrons. The van der Waals surface area contributed by atoms with Crippen LogP contribution in [0.3, 0.4) is 0 Å². The molecule has 3 N–H and O–H groups in total. The van der Waals surface area contributed by atoms with Gasteiger partial charge >= 0.3 is 0 Å². The summed E-state index contributed by atoms with van der Waals surface area (Å²) in [7, 11) is 1.59. The van der Waals surface area contributed by atoms with Crippen LogP contribution >= 0.6 is 23.2 Å². The molecule has 8 nitrogen and oxygen atoms in total. The molecule has 4 atom stereocenters. The molecular formula is C32H36Cl2N4O4. The van der Waals surface area contributed by atoms with E-state index in [2.05, 4.69) is 16.0 Å². The van der Waals surface area contributed by atoms with Crippen LogP contribution in [0, 0.1) is 0 Å². The first kappa shape index (κ1) is 30.3. The molecule has 0 saturated carbocycles. The molecule has 0 aliphatic carbocycles. The lowest BCUT2D eigenvalue weighted by Crippen LogP contribution is -2.65. The lowest BCUT2D eigenvalue weighted by Gasteiger charge is -2.41. The lowest BCUT2D eigenvalue weighted by atomic mass is 9.88. The van der Waals surface area contributed by atoms with Crippen molar-refractivity contribution >= 4 is 34.9 Å². The molecule has 3 aromatic rings. The van der Waals surface area contributed by atoms with Crippen molar-refractivity contribution in [1.29, 1.82) is 0 Å². The maximum Gasteiger partial charge on any atom is 0.220 e. The van der Waals surface area contributed by atoms with Gasteiger partial charge in [-0.05, 0) is 61.4 Å². The Labute approximate surface area is 256 Å². The quantitative estimate of drug-likeness (QED) is 0.330. The second kappa shape index (κ2) is 12.6. The van der Waals surface area contributed by atoms with Crippen LogP contribution in [-0.4, -0.2) is 55.5 Å². The topological polar surface area (TPSA) is 91.9 Å². The van der Waals surface area contributed by atoms with Crippen LogP contribution in [0.25, 0.3) is 0 Å². The van der Waals surface area contributed by atoms with E-state index in [1.54, 1.807) is 18.1 Å². The van der Waals surface area contributed by atoms with Gasteiger partial charge in [-0.15, -0.1) is 0 Å². The number of Topliss-reactive ketones (excluding diaryl/α,β-unsaturated/α-hetero) is 1. The summed E-state index contributed by atoms with van der Waals surface area (Å²) in [5, 5.41) is 11.9. The zero-order valence-corrected chi connectivity index (χ0v) is 25.6. The van der Waals surface area contributed by atoms with Crippen LogP contribution < -0.4 is 25.4 Å². The number of hydrogen-bond acceptors (Lipinski definition) is 7. The van der Waals surface area contributed by atoms with Crippen LogP contribution in [-0.2, 0) is 15.3 Å². The molecule has 3 aromatic carbocycles. The molecule has 2 fully saturated rings. The standard InChI is InChI=1S/C32H36Cl2N4O4/c1-19(2)42-28-17-25(41-4)13-14-26(28)32(31(40)27-18-35-15-16-38(27)20(3)39)36-29(21-5-9-23(33)10-6-21)30(37-32)22-7-11-24(34)12-8-22/h5-14,17,19,27,29-30,35-37H,15-16,18H2,1-4H3/t27?,29-,30+,32?. The van der Waals surface area contributed by atoms with E-state index in [1.807, 2.05) is 74.5 Å². The summed E-state index contributed by atoms with van der Waals surface area (Å²) in [6.07, 6.45) is -0.173. The first-order chi connectivity index (χ1) is 20.1. The fourth-order valence-electron chi connectivity index (χ4n) is 5.85. The largest absolute Gasteiger partial charge is 0.497 e. The number of nitrogens with zero attached hydrogens (tertiary/aromatic N) is 1. The van der Waals surface area contributed by atoms with Gasteiger partial charge in [0, 0.05) is 48.2 Å². The van der Waals surface area contributed by atoms with Gasteiger partial charge in [-0.25, -0.2) is 0 Å². The maximum absolute atomic E-state index is 15.0. The molecule has 0 bridgehead atoms. The third-order valence-electron chi connectivity index (χ3n) is 7.81. The van der Waals surface area contributed by atoms with E-state index in [1.165, 1.54) is 6.92 Å². The van der Waals surface area contributed by atoms with Gasteiger partial charge in [-0.2, -0.15) is 0 Å². The third-order valence-corrected chi connectivity index (χ3v) is 8.32. The summed E-state index contributed by atoms with van der Waals surface area (Å²) in [6, 6.07) is 19.2. The van der Waals surface area contributed by atoms with Crippen molar-refractivity contribution in [2.45, 2.75) is 50.7 Å². The van der Waals surface area contributed by atoms with Crippen LogP contribution in [0.1, 0.15) is 49.5 Å². The van der Waals surface area contributed by atoms with Crippen molar-refractivity contribution in [2.24, 2.45) is 0 Å². The van der Waals surface area contributed by atoms with Gasteiger partial charge < -0.3 is 19.7 Å². The molecule has 0 spiro atoms. The van der Waals surface area contributed by atoms with Gasteiger partial charge in [0.15, 0.2) is 11.4 Å². The number of hydrogen-bond donors (Lipinski definition) is 3. The summed E-state index contributed by atoms with van der Waals surface area (Å²) < 4.78 is 11.8. The second-order valence-electron chi connectivity index (χ2n) is 10.9.